The van der Waals surface area contributed by atoms with Gasteiger partial charge < -0.3 is 15.5 Å². The summed E-state index contributed by atoms with van der Waals surface area (Å²) in [5.74, 6) is 0.446. The van der Waals surface area contributed by atoms with E-state index in [9.17, 15) is 5.11 Å². The lowest BCUT2D eigenvalue weighted by molar-refractivity contribution is 0.0426. The van der Waals surface area contributed by atoms with Crippen molar-refractivity contribution in [2.24, 2.45) is 5.92 Å². The number of hydrogen-bond donors (Lipinski definition) is 3. The Labute approximate surface area is 85.5 Å². The molecule has 0 amide bonds. The van der Waals surface area contributed by atoms with E-state index in [1.54, 1.807) is 0 Å². The highest BCUT2D eigenvalue weighted by Crippen LogP contribution is 2.25. The summed E-state index contributed by atoms with van der Waals surface area (Å²) in [6, 6.07) is 0.499. The van der Waals surface area contributed by atoms with E-state index in [1.807, 2.05) is 0 Å². The second kappa shape index (κ2) is 4.60. The van der Waals surface area contributed by atoms with Gasteiger partial charge in [0.05, 0.1) is 12.2 Å². The maximum Gasteiger partial charge on any atom is 0.0580 e. The third kappa shape index (κ3) is 2.47. The lowest BCUT2D eigenvalue weighted by atomic mass is 9.85. The van der Waals surface area contributed by atoms with Crippen LogP contribution in [0.2, 0.25) is 0 Å². The zero-order valence-electron chi connectivity index (χ0n) is 8.65. The Kier molecular flexibility index (Phi) is 3.42. The van der Waals surface area contributed by atoms with Gasteiger partial charge >= 0.3 is 0 Å². The molecule has 2 atom stereocenters. The first-order valence-electron chi connectivity index (χ1n) is 5.85. The minimum Gasteiger partial charge on any atom is -0.393 e. The van der Waals surface area contributed by atoms with Crippen LogP contribution in [-0.2, 0) is 0 Å². The molecule has 2 aliphatic rings. The molecule has 0 aliphatic heterocycles. The zero-order chi connectivity index (χ0) is 9.97. The van der Waals surface area contributed by atoms with E-state index in [2.05, 4.69) is 5.32 Å². The van der Waals surface area contributed by atoms with Crippen molar-refractivity contribution in [1.82, 2.24) is 5.32 Å². The Morgan fingerprint density at radius 3 is 2.43 bits per heavy atom. The van der Waals surface area contributed by atoms with Crippen molar-refractivity contribution < 1.29 is 10.2 Å². The van der Waals surface area contributed by atoms with Crippen LogP contribution < -0.4 is 5.32 Å². The Hall–Kier alpha value is -0.120. The van der Waals surface area contributed by atoms with Crippen molar-refractivity contribution in [2.45, 2.75) is 56.8 Å². The molecule has 0 spiro atoms. The molecule has 2 rings (SSSR count). The first-order chi connectivity index (χ1) is 6.75. The molecule has 14 heavy (non-hydrogen) atoms. The summed E-state index contributed by atoms with van der Waals surface area (Å²) >= 11 is 0. The summed E-state index contributed by atoms with van der Waals surface area (Å²) < 4.78 is 0. The van der Waals surface area contributed by atoms with Crippen LogP contribution in [-0.4, -0.2) is 35.0 Å². The monoisotopic (exact) mass is 199 g/mol. The van der Waals surface area contributed by atoms with Gasteiger partial charge in [-0.15, -0.1) is 0 Å². The minimum absolute atomic E-state index is 0.0798. The van der Waals surface area contributed by atoms with Gasteiger partial charge in [-0.05, 0) is 31.6 Å². The standard InChI is InChI=1S/C11H21NO2/c13-10-5-9(6-10)12-7-8-3-1-2-4-11(8)14/h8-14H,1-7H2. The van der Waals surface area contributed by atoms with E-state index >= 15 is 0 Å². The smallest absolute Gasteiger partial charge is 0.0580 e. The van der Waals surface area contributed by atoms with Crippen LogP contribution >= 0.6 is 0 Å². The number of rotatable bonds is 3. The highest BCUT2D eigenvalue weighted by molar-refractivity contribution is 4.86. The van der Waals surface area contributed by atoms with Crippen LogP contribution in [0.1, 0.15) is 38.5 Å². The summed E-state index contributed by atoms with van der Waals surface area (Å²) in [5, 5.41) is 22.3. The van der Waals surface area contributed by atoms with Gasteiger partial charge in [0, 0.05) is 12.6 Å². The maximum absolute atomic E-state index is 9.74. The average Bonchev–Trinajstić information content (AvgIpc) is 2.13. The van der Waals surface area contributed by atoms with E-state index in [0.717, 1.165) is 32.2 Å². The van der Waals surface area contributed by atoms with Crippen molar-refractivity contribution in [3.05, 3.63) is 0 Å². The Bertz CT molecular complexity index is 180. The summed E-state index contributed by atoms with van der Waals surface area (Å²) in [5.41, 5.74) is 0. The molecule has 0 saturated heterocycles. The maximum atomic E-state index is 9.74. The van der Waals surface area contributed by atoms with Crippen LogP contribution in [0.5, 0.6) is 0 Å². The van der Waals surface area contributed by atoms with Crippen molar-refractivity contribution in [3.8, 4) is 0 Å². The molecular formula is C11H21NO2. The van der Waals surface area contributed by atoms with Crippen LogP contribution in [0.25, 0.3) is 0 Å². The summed E-state index contributed by atoms with van der Waals surface area (Å²) in [6.07, 6.45) is 6.18. The highest BCUT2D eigenvalue weighted by Gasteiger charge is 2.29. The lowest BCUT2D eigenvalue weighted by Crippen LogP contribution is -2.47. The van der Waals surface area contributed by atoms with Gasteiger partial charge in [-0.2, -0.15) is 0 Å². The predicted molar refractivity (Wildman–Crippen MR) is 55.0 cm³/mol. The molecule has 2 unspecified atom stereocenters. The molecule has 82 valence electrons. The number of hydrogen-bond acceptors (Lipinski definition) is 3. The summed E-state index contributed by atoms with van der Waals surface area (Å²) in [6.45, 7) is 0.929. The average molecular weight is 199 g/mol. The van der Waals surface area contributed by atoms with Gasteiger partial charge in [0.2, 0.25) is 0 Å². The third-order valence-electron chi connectivity index (χ3n) is 3.65. The van der Waals surface area contributed by atoms with Crippen molar-refractivity contribution in [2.75, 3.05) is 6.54 Å². The van der Waals surface area contributed by atoms with Crippen molar-refractivity contribution in [1.29, 1.82) is 0 Å². The second-order valence-electron chi connectivity index (χ2n) is 4.84. The fourth-order valence-electron chi connectivity index (χ4n) is 2.50. The van der Waals surface area contributed by atoms with Crippen LogP contribution in [0, 0.1) is 5.92 Å². The van der Waals surface area contributed by atoms with E-state index in [-0.39, 0.29) is 12.2 Å². The molecule has 3 nitrogen and oxygen atoms in total. The fraction of sp³-hybridized carbons (Fsp3) is 1.00. The molecule has 0 aromatic rings. The number of aliphatic hydroxyl groups excluding tert-OH is 2. The third-order valence-corrected chi connectivity index (χ3v) is 3.65. The van der Waals surface area contributed by atoms with Crippen LogP contribution in [0.3, 0.4) is 0 Å². The lowest BCUT2D eigenvalue weighted by Gasteiger charge is -2.35. The first-order valence-corrected chi connectivity index (χ1v) is 5.85. The molecule has 2 aliphatic carbocycles. The van der Waals surface area contributed by atoms with E-state index in [1.165, 1.54) is 12.8 Å². The van der Waals surface area contributed by atoms with Gasteiger partial charge in [-0.25, -0.2) is 0 Å². The molecular weight excluding hydrogens is 178 g/mol. The van der Waals surface area contributed by atoms with Gasteiger partial charge in [0.15, 0.2) is 0 Å². The Morgan fingerprint density at radius 2 is 1.79 bits per heavy atom. The minimum atomic E-state index is -0.0961. The summed E-state index contributed by atoms with van der Waals surface area (Å²) in [7, 11) is 0. The van der Waals surface area contributed by atoms with Gasteiger partial charge in [-0.3, -0.25) is 0 Å². The molecule has 2 saturated carbocycles. The largest absolute Gasteiger partial charge is 0.393 e. The first kappa shape index (κ1) is 10.4. The van der Waals surface area contributed by atoms with Gasteiger partial charge in [0.1, 0.15) is 0 Å². The molecule has 0 radical (unpaired) electrons. The van der Waals surface area contributed by atoms with Gasteiger partial charge in [0.25, 0.3) is 0 Å². The topological polar surface area (TPSA) is 52.5 Å². The fourth-order valence-corrected chi connectivity index (χ4v) is 2.50. The number of nitrogens with one attached hydrogen (secondary N) is 1. The molecule has 3 N–H and O–H groups in total. The highest BCUT2D eigenvalue weighted by atomic mass is 16.3. The molecule has 0 aromatic carbocycles. The Morgan fingerprint density at radius 1 is 1.07 bits per heavy atom. The van der Waals surface area contributed by atoms with E-state index in [4.69, 9.17) is 5.11 Å². The molecule has 3 heteroatoms. The molecule has 2 fully saturated rings. The quantitative estimate of drug-likeness (QED) is 0.625. The van der Waals surface area contributed by atoms with Crippen LogP contribution in [0.15, 0.2) is 0 Å². The van der Waals surface area contributed by atoms with Crippen LogP contribution in [0.4, 0.5) is 0 Å². The van der Waals surface area contributed by atoms with Crippen molar-refractivity contribution in [3.63, 3.8) is 0 Å². The molecule has 0 aromatic heterocycles. The Balaban J connectivity index is 1.64. The summed E-state index contributed by atoms with van der Waals surface area (Å²) in [4.78, 5) is 0. The molecule has 0 heterocycles. The van der Waals surface area contributed by atoms with Crippen molar-refractivity contribution >= 4 is 0 Å². The predicted octanol–water partition coefficient (Wildman–Crippen LogP) is 0.650. The number of aliphatic hydroxyl groups is 2. The van der Waals surface area contributed by atoms with Gasteiger partial charge in [-0.1, -0.05) is 12.8 Å². The van der Waals surface area contributed by atoms with E-state index in [0.29, 0.717) is 12.0 Å². The molecule has 0 bridgehead atoms. The SMILES string of the molecule is OC1CC(NCC2CCCCC2O)C1. The second-order valence-corrected chi connectivity index (χ2v) is 4.84. The normalized spacial score (nSPS) is 43.3. The van der Waals surface area contributed by atoms with E-state index < -0.39 is 0 Å². The zero-order valence-corrected chi connectivity index (χ0v) is 8.65.